The highest BCUT2D eigenvalue weighted by molar-refractivity contribution is 5.77. The standard InChI is InChI=1S/C14H27N3O2/c1-17(10-13-4-2-3-7-19-13)12(9-15)8-14(18)16-11-5-6-11/h11-13H,2-10,15H2,1H3,(H,16,18). The van der Waals surface area contributed by atoms with E-state index in [9.17, 15) is 4.79 Å². The second-order valence-corrected chi connectivity index (χ2v) is 5.86. The molecular formula is C14H27N3O2. The molecule has 2 rings (SSSR count). The lowest BCUT2D eigenvalue weighted by molar-refractivity contribution is -0.122. The summed E-state index contributed by atoms with van der Waals surface area (Å²) in [4.78, 5) is 14.0. The van der Waals surface area contributed by atoms with E-state index < -0.39 is 0 Å². The van der Waals surface area contributed by atoms with Gasteiger partial charge >= 0.3 is 0 Å². The molecular weight excluding hydrogens is 242 g/mol. The molecule has 0 aromatic heterocycles. The Morgan fingerprint density at radius 2 is 2.21 bits per heavy atom. The summed E-state index contributed by atoms with van der Waals surface area (Å²) < 4.78 is 5.74. The summed E-state index contributed by atoms with van der Waals surface area (Å²) in [6.07, 6.45) is 6.60. The molecule has 0 aromatic carbocycles. The van der Waals surface area contributed by atoms with Gasteiger partial charge in [-0.3, -0.25) is 9.69 Å². The van der Waals surface area contributed by atoms with Crippen LogP contribution < -0.4 is 11.1 Å². The molecule has 0 aromatic rings. The molecule has 0 spiro atoms. The third-order valence-corrected chi connectivity index (χ3v) is 4.02. The van der Waals surface area contributed by atoms with Crippen LogP contribution in [0.3, 0.4) is 0 Å². The first-order chi connectivity index (χ1) is 9.19. The molecule has 1 heterocycles. The summed E-state index contributed by atoms with van der Waals surface area (Å²) in [5.41, 5.74) is 5.81. The van der Waals surface area contributed by atoms with Crippen LogP contribution in [0.15, 0.2) is 0 Å². The minimum Gasteiger partial charge on any atom is -0.377 e. The second-order valence-electron chi connectivity index (χ2n) is 5.86. The van der Waals surface area contributed by atoms with Crippen molar-refractivity contribution >= 4 is 5.91 Å². The summed E-state index contributed by atoms with van der Waals surface area (Å²) >= 11 is 0. The summed E-state index contributed by atoms with van der Waals surface area (Å²) in [6, 6.07) is 0.544. The summed E-state index contributed by atoms with van der Waals surface area (Å²) in [7, 11) is 2.04. The minimum absolute atomic E-state index is 0.115. The number of rotatable bonds is 7. The van der Waals surface area contributed by atoms with Crippen LogP contribution in [0.4, 0.5) is 0 Å². The molecule has 1 saturated carbocycles. The van der Waals surface area contributed by atoms with E-state index in [1.165, 1.54) is 12.8 Å². The molecule has 110 valence electrons. The van der Waals surface area contributed by atoms with E-state index in [0.29, 0.717) is 25.1 Å². The Morgan fingerprint density at radius 1 is 1.42 bits per heavy atom. The van der Waals surface area contributed by atoms with Gasteiger partial charge in [0.1, 0.15) is 0 Å². The van der Waals surface area contributed by atoms with Gasteiger partial charge in [0.2, 0.25) is 5.91 Å². The summed E-state index contributed by atoms with van der Waals surface area (Å²) in [5, 5.41) is 3.02. The van der Waals surface area contributed by atoms with Gasteiger partial charge in [-0.1, -0.05) is 0 Å². The number of nitrogens with two attached hydrogens (primary N) is 1. The fraction of sp³-hybridized carbons (Fsp3) is 0.929. The van der Waals surface area contributed by atoms with Crippen molar-refractivity contribution in [2.45, 2.75) is 56.7 Å². The molecule has 0 radical (unpaired) electrons. The van der Waals surface area contributed by atoms with Crippen LogP contribution in [0.25, 0.3) is 0 Å². The van der Waals surface area contributed by atoms with Crippen molar-refractivity contribution in [2.24, 2.45) is 5.73 Å². The van der Waals surface area contributed by atoms with Crippen molar-refractivity contribution in [3.05, 3.63) is 0 Å². The van der Waals surface area contributed by atoms with Crippen LogP contribution in [0, 0.1) is 0 Å². The average Bonchev–Trinajstić information content (AvgIpc) is 3.21. The molecule has 1 aliphatic heterocycles. The Hall–Kier alpha value is -0.650. The zero-order chi connectivity index (χ0) is 13.7. The highest BCUT2D eigenvalue weighted by Gasteiger charge is 2.26. The molecule has 1 aliphatic carbocycles. The first kappa shape index (κ1) is 14.8. The highest BCUT2D eigenvalue weighted by atomic mass is 16.5. The van der Waals surface area contributed by atoms with Gasteiger partial charge in [-0.2, -0.15) is 0 Å². The second kappa shape index (κ2) is 7.22. The maximum Gasteiger partial charge on any atom is 0.221 e. The van der Waals surface area contributed by atoms with Crippen molar-refractivity contribution in [3.8, 4) is 0 Å². The molecule has 2 atom stereocenters. The lowest BCUT2D eigenvalue weighted by Gasteiger charge is -2.32. The Morgan fingerprint density at radius 3 is 2.79 bits per heavy atom. The van der Waals surface area contributed by atoms with Gasteiger partial charge < -0.3 is 15.8 Å². The molecule has 3 N–H and O–H groups in total. The number of nitrogens with zero attached hydrogens (tertiary/aromatic N) is 1. The van der Waals surface area contributed by atoms with Crippen molar-refractivity contribution in [1.82, 2.24) is 10.2 Å². The fourth-order valence-corrected chi connectivity index (χ4v) is 2.57. The van der Waals surface area contributed by atoms with E-state index in [4.69, 9.17) is 10.5 Å². The zero-order valence-electron chi connectivity index (χ0n) is 11.9. The first-order valence-electron chi connectivity index (χ1n) is 7.50. The van der Waals surface area contributed by atoms with E-state index in [1.807, 2.05) is 7.05 Å². The molecule has 5 nitrogen and oxygen atoms in total. The molecule has 1 saturated heterocycles. The summed E-state index contributed by atoms with van der Waals surface area (Å²) in [5.74, 6) is 0.134. The number of hydrogen-bond acceptors (Lipinski definition) is 4. The maximum absolute atomic E-state index is 11.8. The minimum atomic E-state index is 0.115. The number of amides is 1. The Balaban J connectivity index is 1.72. The number of carbonyl (C=O) groups excluding carboxylic acids is 1. The van der Waals surface area contributed by atoms with Crippen molar-refractivity contribution in [3.63, 3.8) is 0 Å². The smallest absolute Gasteiger partial charge is 0.221 e. The molecule has 2 aliphatic rings. The third kappa shape index (κ3) is 5.09. The predicted octanol–water partition coefficient (Wildman–Crippen LogP) is 0.483. The third-order valence-electron chi connectivity index (χ3n) is 4.02. The average molecular weight is 269 g/mol. The normalized spacial score (nSPS) is 25.3. The van der Waals surface area contributed by atoms with E-state index in [1.54, 1.807) is 0 Å². The number of nitrogens with one attached hydrogen (secondary N) is 1. The SMILES string of the molecule is CN(CC1CCCCO1)C(CN)CC(=O)NC1CC1. The highest BCUT2D eigenvalue weighted by Crippen LogP contribution is 2.19. The van der Waals surface area contributed by atoms with E-state index in [-0.39, 0.29) is 11.9 Å². The fourth-order valence-electron chi connectivity index (χ4n) is 2.57. The Bertz CT molecular complexity index is 288. The predicted molar refractivity (Wildman–Crippen MR) is 74.8 cm³/mol. The lowest BCUT2D eigenvalue weighted by atomic mass is 10.1. The quantitative estimate of drug-likeness (QED) is 0.705. The van der Waals surface area contributed by atoms with Gasteiger partial charge in [0.25, 0.3) is 0 Å². The van der Waals surface area contributed by atoms with Crippen LogP contribution in [0.1, 0.15) is 38.5 Å². The van der Waals surface area contributed by atoms with Crippen LogP contribution in [-0.2, 0) is 9.53 Å². The van der Waals surface area contributed by atoms with Crippen molar-refractivity contribution in [2.75, 3.05) is 26.7 Å². The van der Waals surface area contributed by atoms with Crippen LogP contribution in [0.2, 0.25) is 0 Å². The molecule has 2 fully saturated rings. The molecule has 19 heavy (non-hydrogen) atoms. The molecule has 0 bridgehead atoms. The Kier molecular flexibility index (Phi) is 5.60. The van der Waals surface area contributed by atoms with Crippen LogP contribution >= 0.6 is 0 Å². The van der Waals surface area contributed by atoms with E-state index >= 15 is 0 Å². The lowest BCUT2D eigenvalue weighted by Crippen LogP contribution is -2.46. The zero-order valence-corrected chi connectivity index (χ0v) is 11.9. The Labute approximate surface area is 115 Å². The number of carbonyl (C=O) groups is 1. The van der Waals surface area contributed by atoms with Gasteiger partial charge in [0, 0.05) is 38.2 Å². The van der Waals surface area contributed by atoms with Crippen LogP contribution in [-0.4, -0.2) is 55.7 Å². The van der Waals surface area contributed by atoms with Crippen LogP contribution in [0.5, 0.6) is 0 Å². The first-order valence-corrected chi connectivity index (χ1v) is 7.50. The van der Waals surface area contributed by atoms with Crippen molar-refractivity contribution in [1.29, 1.82) is 0 Å². The monoisotopic (exact) mass is 269 g/mol. The number of hydrogen-bond donors (Lipinski definition) is 2. The molecule has 2 unspecified atom stereocenters. The van der Waals surface area contributed by atoms with E-state index in [2.05, 4.69) is 10.2 Å². The van der Waals surface area contributed by atoms with Gasteiger partial charge in [-0.15, -0.1) is 0 Å². The van der Waals surface area contributed by atoms with Gasteiger partial charge in [0.15, 0.2) is 0 Å². The van der Waals surface area contributed by atoms with E-state index in [0.717, 1.165) is 32.4 Å². The van der Waals surface area contributed by atoms with Crippen molar-refractivity contribution < 1.29 is 9.53 Å². The molecule has 1 amide bonds. The van der Waals surface area contributed by atoms with Gasteiger partial charge in [0.05, 0.1) is 6.10 Å². The number of likely N-dealkylation sites (N-methyl/N-ethyl adjacent to an activating group) is 1. The topological polar surface area (TPSA) is 67.6 Å². The van der Waals surface area contributed by atoms with Gasteiger partial charge in [-0.25, -0.2) is 0 Å². The number of ether oxygens (including phenoxy) is 1. The van der Waals surface area contributed by atoms with Gasteiger partial charge in [-0.05, 0) is 39.2 Å². The molecule has 5 heteroatoms. The maximum atomic E-state index is 11.8. The summed E-state index contributed by atoms with van der Waals surface area (Å²) in [6.45, 7) is 2.26. The largest absolute Gasteiger partial charge is 0.377 e.